The van der Waals surface area contributed by atoms with E-state index >= 15 is 0 Å². The first kappa shape index (κ1) is 22.0. The second-order valence-corrected chi connectivity index (χ2v) is 10.1. The predicted molar refractivity (Wildman–Crippen MR) is 125 cm³/mol. The molecule has 32 heavy (non-hydrogen) atoms. The predicted octanol–water partition coefficient (Wildman–Crippen LogP) is 2.82. The second-order valence-electron chi connectivity index (χ2n) is 6.63. The molecule has 4 rings (SSSR count). The second kappa shape index (κ2) is 9.10. The number of anilines is 1. The summed E-state index contributed by atoms with van der Waals surface area (Å²) in [7, 11) is -4.07. The van der Waals surface area contributed by atoms with E-state index in [0.717, 1.165) is 22.0 Å². The van der Waals surface area contributed by atoms with Crippen molar-refractivity contribution >= 4 is 55.1 Å². The molecule has 2 aromatic carbocycles. The maximum Gasteiger partial charge on any atom is 0.281 e. The number of sulfonamides is 1. The topological polar surface area (TPSA) is 123 Å². The monoisotopic (exact) mass is 487 g/mol. The summed E-state index contributed by atoms with van der Waals surface area (Å²) in [5.41, 5.74) is 0.705. The standard InChI is InChI=1S/C20H17N5O4S3/c1-13-6-8-14(9-7-13)32(28,29)24-25-18(27)15-4-2-3-5-16(15)22-20(25)31-12-17(26)23-19-21-10-11-30-19/h2-11,24H,12H2,1H3,(H,21,23,26). The summed E-state index contributed by atoms with van der Waals surface area (Å²) in [6.45, 7) is 1.84. The van der Waals surface area contributed by atoms with Gasteiger partial charge in [0.2, 0.25) is 5.91 Å². The number of nitrogens with one attached hydrogen (secondary N) is 2. The Kier molecular flexibility index (Phi) is 6.26. The molecule has 0 aliphatic rings. The van der Waals surface area contributed by atoms with Crippen molar-refractivity contribution in [2.75, 3.05) is 15.9 Å². The SMILES string of the molecule is Cc1ccc(S(=O)(=O)Nn2c(SCC(=O)Nc3nccs3)nc3ccccc3c2=O)cc1. The van der Waals surface area contributed by atoms with E-state index in [1.807, 2.05) is 6.92 Å². The first-order valence-corrected chi connectivity index (χ1v) is 12.6. The highest BCUT2D eigenvalue weighted by molar-refractivity contribution is 7.99. The first-order valence-electron chi connectivity index (χ1n) is 9.27. The number of carbonyl (C=O) groups is 1. The maximum atomic E-state index is 13.1. The Morgan fingerprint density at radius 1 is 1.16 bits per heavy atom. The minimum absolute atomic E-state index is 0.000575. The molecule has 0 atom stereocenters. The molecule has 2 N–H and O–H groups in total. The number of nitrogens with zero attached hydrogens (tertiary/aromatic N) is 3. The van der Waals surface area contributed by atoms with E-state index in [1.165, 1.54) is 23.5 Å². The van der Waals surface area contributed by atoms with Gasteiger partial charge in [-0.15, -0.1) is 11.3 Å². The third-order valence-corrected chi connectivity index (χ3v) is 7.24. The van der Waals surface area contributed by atoms with Gasteiger partial charge in [-0.05, 0) is 31.2 Å². The van der Waals surface area contributed by atoms with Gasteiger partial charge >= 0.3 is 0 Å². The Bertz CT molecular complexity index is 1430. The summed E-state index contributed by atoms with van der Waals surface area (Å²) in [6.07, 6.45) is 1.57. The van der Waals surface area contributed by atoms with Gasteiger partial charge in [-0.25, -0.2) is 14.8 Å². The van der Waals surface area contributed by atoms with Crippen LogP contribution in [0.2, 0.25) is 0 Å². The number of aromatic nitrogens is 3. The van der Waals surface area contributed by atoms with E-state index in [0.29, 0.717) is 10.6 Å². The molecule has 164 valence electrons. The average molecular weight is 488 g/mol. The highest BCUT2D eigenvalue weighted by atomic mass is 32.2. The van der Waals surface area contributed by atoms with Gasteiger partial charge in [-0.3, -0.25) is 9.59 Å². The lowest BCUT2D eigenvalue weighted by molar-refractivity contribution is -0.113. The lowest BCUT2D eigenvalue weighted by Gasteiger charge is -2.15. The molecular formula is C20H17N5O4S3. The van der Waals surface area contributed by atoms with Gasteiger partial charge in [0.15, 0.2) is 10.3 Å². The number of fused-ring (bicyclic) bond motifs is 1. The minimum Gasteiger partial charge on any atom is -0.301 e. The van der Waals surface area contributed by atoms with E-state index in [9.17, 15) is 18.0 Å². The van der Waals surface area contributed by atoms with Crippen LogP contribution in [0.5, 0.6) is 0 Å². The van der Waals surface area contributed by atoms with E-state index in [-0.39, 0.29) is 27.1 Å². The lowest BCUT2D eigenvalue weighted by Crippen LogP contribution is -2.35. The smallest absolute Gasteiger partial charge is 0.281 e. The number of benzene rings is 2. The van der Waals surface area contributed by atoms with Crippen molar-refractivity contribution in [1.29, 1.82) is 0 Å². The summed E-state index contributed by atoms with van der Waals surface area (Å²) in [4.78, 5) is 36.0. The number of hydrogen-bond donors (Lipinski definition) is 2. The number of rotatable bonds is 7. The molecule has 0 fully saturated rings. The van der Waals surface area contributed by atoms with Gasteiger partial charge < -0.3 is 5.32 Å². The number of amides is 1. The summed E-state index contributed by atoms with van der Waals surface area (Å²) in [5.74, 6) is -0.461. The number of thiazole rings is 1. The van der Waals surface area contributed by atoms with Crippen molar-refractivity contribution in [2.24, 2.45) is 0 Å². The molecule has 9 nitrogen and oxygen atoms in total. The van der Waals surface area contributed by atoms with Crippen molar-refractivity contribution in [3.8, 4) is 0 Å². The third kappa shape index (κ3) is 4.82. The molecule has 0 saturated carbocycles. The van der Waals surface area contributed by atoms with Crippen molar-refractivity contribution in [3.05, 3.63) is 76.0 Å². The summed E-state index contributed by atoms with van der Waals surface area (Å²) in [6, 6.07) is 12.8. The summed E-state index contributed by atoms with van der Waals surface area (Å²) in [5, 5.41) is 5.09. The highest BCUT2D eigenvalue weighted by Gasteiger charge is 2.20. The van der Waals surface area contributed by atoms with Gasteiger partial charge in [0.1, 0.15) is 0 Å². The van der Waals surface area contributed by atoms with E-state index in [1.54, 1.807) is 48.0 Å². The van der Waals surface area contributed by atoms with E-state index in [2.05, 4.69) is 20.1 Å². The third-order valence-electron chi connectivity index (χ3n) is 4.30. The Hall–Kier alpha value is -3.22. The zero-order valence-electron chi connectivity index (χ0n) is 16.7. The van der Waals surface area contributed by atoms with Crippen LogP contribution in [0.3, 0.4) is 0 Å². The van der Waals surface area contributed by atoms with Gasteiger partial charge in [0.05, 0.1) is 21.6 Å². The molecule has 0 spiro atoms. The fourth-order valence-corrected chi connectivity index (χ4v) is 5.12. The summed E-state index contributed by atoms with van der Waals surface area (Å²) < 4.78 is 26.7. The highest BCUT2D eigenvalue weighted by Crippen LogP contribution is 2.20. The number of hydrogen-bond acceptors (Lipinski definition) is 8. The van der Waals surface area contributed by atoms with Crippen molar-refractivity contribution in [2.45, 2.75) is 17.0 Å². The van der Waals surface area contributed by atoms with E-state index in [4.69, 9.17) is 0 Å². The largest absolute Gasteiger partial charge is 0.301 e. The first-order chi connectivity index (χ1) is 15.3. The van der Waals surface area contributed by atoms with E-state index < -0.39 is 15.6 Å². The zero-order chi connectivity index (χ0) is 22.7. The van der Waals surface area contributed by atoms with Crippen LogP contribution in [-0.4, -0.2) is 34.7 Å². The number of para-hydroxylation sites is 1. The van der Waals surface area contributed by atoms with Crippen molar-refractivity contribution < 1.29 is 13.2 Å². The number of aryl methyl sites for hydroxylation is 1. The van der Waals surface area contributed by atoms with Crippen LogP contribution in [0.4, 0.5) is 5.13 Å². The van der Waals surface area contributed by atoms with Crippen LogP contribution in [0.15, 0.2) is 75.0 Å². The van der Waals surface area contributed by atoms with Gasteiger partial charge in [-0.2, -0.15) is 13.1 Å². The van der Waals surface area contributed by atoms with Crippen molar-refractivity contribution in [3.63, 3.8) is 0 Å². The minimum atomic E-state index is -4.07. The Balaban J connectivity index is 1.68. The van der Waals surface area contributed by atoms with Gasteiger partial charge in [0.25, 0.3) is 15.6 Å². The van der Waals surface area contributed by atoms with Crippen LogP contribution in [0.25, 0.3) is 10.9 Å². The Labute approximate surface area is 191 Å². The quantitative estimate of drug-likeness (QED) is 0.303. The molecule has 0 unspecified atom stereocenters. The molecule has 2 heterocycles. The molecule has 0 aliphatic carbocycles. The zero-order valence-corrected chi connectivity index (χ0v) is 19.1. The molecule has 0 saturated heterocycles. The number of thioether (sulfide) groups is 1. The van der Waals surface area contributed by atoms with Gasteiger partial charge in [-0.1, -0.05) is 41.6 Å². The van der Waals surface area contributed by atoms with Crippen molar-refractivity contribution in [1.82, 2.24) is 14.6 Å². The maximum absolute atomic E-state index is 13.1. The van der Waals surface area contributed by atoms with Crippen LogP contribution in [0, 0.1) is 6.92 Å². The Morgan fingerprint density at radius 3 is 2.62 bits per heavy atom. The molecule has 0 radical (unpaired) electrons. The average Bonchev–Trinajstić information content (AvgIpc) is 3.28. The van der Waals surface area contributed by atoms with Crippen LogP contribution in [-0.2, 0) is 14.8 Å². The summed E-state index contributed by atoms with van der Waals surface area (Å²) >= 11 is 2.21. The number of carbonyl (C=O) groups excluding carboxylic acids is 1. The lowest BCUT2D eigenvalue weighted by atomic mass is 10.2. The fraction of sp³-hybridized carbons (Fsp3) is 0.100. The molecule has 12 heteroatoms. The van der Waals surface area contributed by atoms with Crippen LogP contribution < -0.4 is 15.7 Å². The normalized spacial score (nSPS) is 11.4. The molecule has 2 aromatic heterocycles. The molecule has 4 aromatic rings. The fourth-order valence-electron chi connectivity index (χ4n) is 2.75. The van der Waals surface area contributed by atoms with Gasteiger partial charge in [0, 0.05) is 11.6 Å². The molecule has 0 aliphatic heterocycles. The molecule has 0 bridgehead atoms. The van der Waals surface area contributed by atoms with Crippen LogP contribution >= 0.6 is 23.1 Å². The Morgan fingerprint density at radius 2 is 1.91 bits per heavy atom. The molecular weight excluding hydrogens is 470 g/mol. The molecule has 1 amide bonds. The van der Waals surface area contributed by atoms with Crippen LogP contribution in [0.1, 0.15) is 5.56 Å².